The Kier molecular flexibility index (Phi) is 5.51. The Balaban J connectivity index is 2.44. The molecule has 2 rings (SSSR count). The lowest BCUT2D eigenvalue weighted by atomic mass is 10.1. The summed E-state index contributed by atoms with van der Waals surface area (Å²) in [5, 5.41) is 0.572. The molecular formula is C15H14Cl3N3O4. The maximum absolute atomic E-state index is 12.6. The van der Waals surface area contributed by atoms with Gasteiger partial charge in [-0.25, -0.2) is 4.79 Å². The summed E-state index contributed by atoms with van der Waals surface area (Å²) in [5.41, 5.74) is 3.99. The molecule has 0 amide bonds. The zero-order valence-electron chi connectivity index (χ0n) is 13.5. The lowest BCUT2D eigenvalue weighted by Crippen LogP contribution is -2.43. The molecule has 0 spiro atoms. The summed E-state index contributed by atoms with van der Waals surface area (Å²) in [6.45, 7) is 1.42. The maximum atomic E-state index is 12.6. The second-order valence-electron chi connectivity index (χ2n) is 5.29. The van der Waals surface area contributed by atoms with Crippen LogP contribution in [-0.4, -0.2) is 21.0 Å². The molecule has 0 bridgehead atoms. The number of ether oxygens (including phenoxy) is 1. The highest BCUT2D eigenvalue weighted by Gasteiger charge is 2.26. The number of ketones is 1. The molecule has 0 saturated carbocycles. The Bertz CT molecular complexity index is 981. The molecule has 134 valence electrons. The minimum atomic E-state index is -1.11. The van der Waals surface area contributed by atoms with Gasteiger partial charge in [0, 0.05) is 20.2 Å². The van der Waals surface area contributed by atoms with Crippen LogP contribution in [0.2, 0.25) is 15.1 Å². The third-order valence-electron chi connectivity index (χ3n) is 3.60. The second-order valence-corrected chi connectivity index (χ2v) is 6.51. The number of hydrogen-bond acceptors (Lipinski definition) is 5. The molecule has 1 atom stereocenters. The lowest BCUT2D eigenvalue weighted by Gasteiger charge is -2.17. The minimum Gasteiger partial charge on any atom is -0.481 e. The predicted octanol–water partition coefficient (Wildman–Crippen LogP) is 2.28. The van der Waals surface area contributed by atoms with E-state index in [1.807, 2.05) is 0 Å². The highest BCUT2D eigenvalue weighted by atomic mass is 35.5. The number of nitrogens with zero attached hydrogens (tertiary/aromatic N) is 2. The van der Waals surface area contributed by atoms with Gasteiger partial charge in [0.05, 0.1) is 15.1 Å². The van der Waals surface area contributed by atoms with Gasteiger partial charge in [-0.05, 0) is 13.0 Å². The first-order valence-corrected chi connectivity index (χ1v) is 8.10. The molecule has 0 aliphatic rings. The number of nitrogens with two attached hydrogens (primary N) is 1. The maximum Gasteiger partial charge on any atom is 0.332 e. The fourth-order valence-corrected chi connectivity index (χ4v) is 2.71. The van der Waals surface area contributed by atoms with E-state index in [4.69, 9.17) is 45.3 Å². The van der Waals surface area contributed by atoms with Gasteiger partial charge in [-0.3, -0.25) is 18.7 Å². The van der Waals surface area contributed by atoms with Crippen LogP contribution in [0, 0.1) is 0 Å². The van der Waals surface area contributed by atoms with Crippen molar-refractivity contribution in [2.24, 2.45) is 14.1 Å². The van der Waals surface area contributed by atoms with Crippen LogP contribution in [0.5, 0.6) is 5.75 Å². The van der Waals surface area contributed by atoms with Crippen LogP contribution in [0.3, 0.4) is 0 Å². The number of Topliss-reactive ketones (excluding diaryl/α,β-unsaturated/α-hetero) is 1. The highest BCUT2D eigenvalue weighted by molar-refractivity contribution is 6.43. The molecule has 7 nitrogen and oxygen atoms in total. The summed E-state index contributed by atoms with van der Waals surface area (Å²) >= 11 is 17.8. The average Bonchev–Trinajstić information content (AvgIpc) is 2.56. The highest BCUT2D eigenvalue weighted by Crippen LogP contribution is 2.34. The molecule has 0 fully saturated rings. The van der Waals surface area contributed by atoms with Crippen molar-refractivity contribution in [2.45, 2.75) is 13.0 Å². The zero-order chi connectivity index (χ0) is 19.0. The van der Waals surface area contributed by atoms with E-state index in [0.717, 1.165) is 9.13 Å². The van der Waals surface area contributed by atoms with Gasteiger partial charge >= 0.3 is 5.69 Å². The molecule has 0 saturated heterocycles. The number of carbonyl (C=O) groups excluding carboxylic acids is 1. The van der Waals surface area contributed by atoms with Crippen molar-refractivity contribution in [2.75, 3.05) is 5.73 Å². The van der Waals surface area contributed by atoms with Crippen LogP contribution in [0.4, 0.5) is 5.82 Å². The Morgan fingerprint density at radius 3 is 2.24 bits per heavy atom. The van der Waals surface area contributed by atoms with Gasteiger partial charge in [0.15, 0.2) is 6.10 Å². The van der Waals surface area contributed by atoms with E-state index < -0.39 is 23.1 Å². The van der Waals surface area contributed by atoms with Gasteiger partial charge in [0.1, 0.15) is 17.1 Å². The van der Waals surface area contributed by atoms with Crippen LogP contribution in [0.1, 0.15) is 17.3 Å². The number of halogens is 3. The van der Waals surface area contributed by atoms with Crippen molar-refractivity contribution in [1.82, 2.24) is 9.13 Å². The molecule has 0 radical (unpaired) electrons. The molecule has 1 aromatic carbocycles. The number of hydrogen-bond donors (Lipinski definition) is 1. The molecule has 1 unspecified atom stereocenters. The van der Waals surface area contributed by atoms with Crippen molar-refractivity contribution in [3.8, 4) is 5.75 Å². The topological polar surface area (TPSA) is 96.3 Å². The van der Waals surface area contributed by atoms with E-state index in [-0.39, 0.29) is 32.2 Å². The van der Waals surface area contributed by atoms with E-state index in [9.17, 15) is 14.4 Å². The van der Waals surface area contributed by atoms with Gasteiger partial charge < -0.3 is 10.5 Å². The van der Waals surface area contributed by atoms with E-state index in [1.165, 1.54) is 33.2 Å². The van der Waals surface area contributed by atoms with Crippen molar-refractivity contribution in [1.29, 1.82) is 0 Å². The predicted molar refractivity (Wildman–Crippen MR) is 97.2 cm³/mol. The number of nitrogen functional groups attached to an aromatic ring is 1. The molecular weight excluding hydrogens is 393 g/mol. The normalized spacial score (nSPS) is 12.1. The van der Waals surface area contributed by atoms with Crippen LogP contribution < -0.4 is 21.7 Å². The zero-order valence-corrected chi connectivity index (χ0v) is 15.7. The lowest BCUT2D eigenvalue weighted by molar-refractivity contribution is 0.0816. The molecule has 25 heavy (non-hydrogen) atoms. The number of anilines is 1. The largest absolute Gasteiger partial charge is 0.481 e. The fourth-order valence-electron chi connectivity index (χ4n) is 2.13. The van der Waals surface area contributed by atoms with E-state index in [1.54, 1.807) is 0 Å². The fraction of sp³-hybridized carbons (Fsp3) is 0.267. The first-order valence-electron chi connectivity index (χ1n) is 6.97. The SMILES string of the molecule is CC(Oc1cc(Cl)c(Cl)cc1Cl)C(=O)c1c(N)n(C)c(=O)n(C)c1=O. The van der Waals surface area contributed by atoms with Crippen molar-refractivity contribution >= 4 is 46.4 Å². The molecule has 0 aliphatic carbocycles. The van der Waals surface area contributed by atoms with Crippen LogP contribution in [0.15, 0.2) is 21.7 Å². The second kappa shape index (κ2) is 7.11. The molecule has 2 aromatic rings. The summed E-state index contributed by atoms with van der Waals surface area (Å²) in [6.07, 6.45) is -1.11. The summed E-state index contributed by atoms with van der Waals surface area (Å²) in [4.78, 5) is 36.7. The molecule has 0 aliphatic heterocycles. The van der Waals surface area contributed by atoms with Gasteiger partial charge in [-0.2, -0.15) is 0 Å². The summed E-state index contributed by atoms with van der Waals surface area (Å²) in [5.74, 6) is -0.818. The number of rotatable bonds is 4. The van der Waals surface area contributed by atoms with Gasteiger partial charge in [-0.15, -0.1) is 0 Å². The summed E-state index contributed by atoms with van der Waals surface area (Å²) < 4.78 is 7.30. The van der Waals surface area contributed by atoms with E-state index >= 15 is 0 Å². The first kappa shape index (κ1) is 19.4. The average molecular weight is 407 g/mol. The van der Waals surface area contributed by atoms with Crippen LogP contribution in [0.25, 0.3) is 0 Å². The first-order chi connectivity index (χ1) is 11.6. The molecule has 10 heteroatoms. The quantitative estimate of drug-likeness (QED) is 0.621. The van der Waals surface area contributed by atoms with Crippen molar-refractivity contribution < 1.29 is 9.53 Å². The van der Waals surface area contributed by atoms with Crippen LogP contribution in [-0.2, 0) is 14.1 Å². The van der Waals surface area contributed by atoms with Crippen LogP contribution >= 0.6 is 34.8 Å². The third kappa shape index (κ3) is 3.53. The number of aromatic nitrogens is 2. The van der Waals surface area contributed by atoms with E-state index in [2.05, 4.69) is 0 Å². The summed E-state index contributed by atoms with van der Waals surface area (Å²) in [7, 11) is 2.61. The minimum absolute atomic E-state index is 0.122. The Morgan fingerprint density at radius 1 is 1.08 bits per heavy atom. The Morgan fingerprint density at radius 2 is 1.64 bits per heavy atom. The van der Waals surface area contributed by atoms with Gasteiger partial charge in [0.25, 0.3) is 5.56 Å². The summed E-state index contributed by atoms with van der Waals surface area (Å²) in [6, 6.07) is 2.73. The Hall–Kier alpha value is -1.96. The Labute approximate surface area is 157 Å². The third-order valence-corrected chi connectivity index (χ3v) is 4.62. The van der Waals surface area contributed by atoms with Crippen molar-refractivity contribution in [3.63, 3.8) is 0 Å². The van der Waals surface area contributed by atoms with E-state index in [0.29, 0.717) is 0 Å². The number of carbonyl (C=O) groups is 1. The monoisotopic (exact) mass is 405 g/mol. The smallest absolute Gasteiger partial charge is 0.332 e. The standard InChI is InChI=1S/C15H14Cl3N3O4/c1-6(25-10-5-8(17)7(16)4-9(10)18)12(22)11-13(19)20(2)15(24)21(3)14(11)23/h4-6H,19H2,1-3H3. The van der Waals surface area contributed by atoms with Crippen molar-refractivity contribution in [3.05, 3.63) is 53.6 Å². The molecule has 1 aromatic heterocycles. The van der Waals surface area contributed by atoms with Gasteiger partial charge in [-0.1, -0.05) is 34.8 Å². The number of benzene rings is 1. The molecule has 1 heterocycles. The van der Waals surface area contributed by atoms with Gasteiger partial charge in [0.2, 0.25) is 5.78 Å². The molecule has 2 N–H and O–H groups in total.